The van der Waals surface area contributed by atoms with Gasteiger partial charge in [-0.3, -0.25) is 4.68 Å². The minimum Gasteiger partial charge on any atom is -0.316 e. The van der Waals surface area contributed by atoms with E-state index >= 15 is 0 Å². The molecule has 0 aromatic carbocycles. The summed E-state index contributed by atoms with van der Waals surface area (Å²) < 4.78 is 1.94. The van der Waals surface area contributed by atoms with Gasteiger partial charge >= 0.3 is 0 Å². The summed E-state index contributed by atoms with van der Waals surface area (Å²) in [7, 11) is 1.99. The van der Waals surface area contributed by atoms with Crippen LogP contribution in [0.15, 0.2) is 12.3 Å². The van der Waals surface area contributed by atoms with Crippen molar-refractivity contribution in [3.63, 3.8) is 0 Å². The molecule has 0 amide bonds. The Morgan fingerprint density at radius 3 is 2.94 bits per heavy atom. The molecule has 1 fully saturated rings. The zero-order chi connectivity index (χ0) is 11.4. The fourth-order valence-electron chi connectivity index (χ4n) is 2.11. The monoisotopic (exact) mass is 241 g/mol. The van der Waals surface area contributed by atoms with E-state index in [1.807, 2.05) is 17.9 Å². The van der Waals surface area contributed by atoms with E-state index in [1.54, 1.807) is 0 Å². The van der Waals surface area contributed by atoms with Gasteiger partial charge in [-0.05, 0) is 30.7 Å². The molecular weight excluding hydrogens is 222 g/mol. The zero-order valence-electron chi connectivity index (χ0n) is 9.88. The maximum absolute atomic E-state index is 5.80. The second kappa shape index (κ2) is 5.19. The first kappa shape index (κ1) is 11.9. The van der Waals surface area contributed by atoms with E-state index in [1.165, 1.54) is 18.5 Å². The Morgan fingerprint density at radius 1 is 1.56 bits per heavy atom. The summed E-state index contributed by atoms with van der Waals surface area (Å²) in [6, 6.07) is 2.08. The fourth-order valence-corrected chi connectivity index (χ4v) is 2.51. The fraction of sp³-hybridized carbons (Fsp3) is 0.750. The number of hydrogen-bond donors (Lipinski definition) is 1. The smallest absolute Gasteiger partial charge is 0.0492 e. The quantitative estimate of drug-likeness (QED) is 0.584. The number of nitrogens with one attached hydrogen (secondary N) is 1. The average Bonchev–Trinajstić information content (AvgIpc) is 2.91. The van der Waals surface area contributed by atoms with Gasteiger partial charge in [-0.1, -0.05) is 0 Å². The Hall–Kier alpha value is -0.540. The molecule has 0 radical (unpaired) electrons. The highest BCUT2D eigenvalue weighted by Crippen LogP contribution is 2.48. The third-order valence-electron chi connectivity index (χ3n) is 3.56. The van der Waals surface area contributed by atoms with Crippen LogP contribution in [0.4, 0.5) is 0 Å². The van der Waals surface area contributed by atoms with Crippen LogP contribution in [0.25, 0.3) is 0 Å². The van der Waals surface area contributed by atoms with E-state index in [0.29, 0.717) is 5.41 Å². The van der Waals surface area contributed by atoms with E-state index in [2.05, 4.69) is 16.5 Å². The predicted octanol–water partition coefficient (Wildman–Crippen LogP) is 1.96. The van der Waals surface area contributed by atoms with Gasteiger partial charge in [-0.2, -0.15) is 5.10 Å². The number of nitrogens with zero attached hydrogens (tertiary/aromatic N) is 2. The summed E-state index contributed by atoms with van der Waals surface area (Å²) in [6.45, 7) is 2.15. The van der Waals surface area contributed by atoms with Gasteiger partial charge in [0.1, 0.15) is 0 Å². The standard InChI is InChI=1S/C12H20ClN3/c1-16-11(3-9-15-16)2-8-14-10-12(4-5-12)6-7-13/h3,9,14H,2,4-8,10H2,1H3. The molecule has 2 rings (SSSR count). The van der Waals surface area contributed by atoms with Crippen LogP contribution in [0.2, 0.25) is 0 Å². The van der Waals surface area contributed by atoms with Crippen molar-refractivity contribution in [2.45, 2.75) is 25.7 Å². The summed E-state index contributed by atoms with van der Waals surface area (Å²) in [5.41, 5.74) is 1.82. The van der Waals surface area contributed by atoms with Crippen LogP contribution in [-0.4, -0.2) is 28.8 Å². The largest absolute Gasteiger partial charge is 0.316 e. The number of aromatic nitrogens is 2. The van der Waals surface area contributed by atoms with Gasteiger partial charge < -0.3 is 5.32 Å². The van der Waals surface area contributed by atoms with Crippen molar-refractivity contribution in [2.75, 3.05) is 19.0 Å². The van der Waals surface area contributed by atoms with Gasteiger partial charge in [-0.25, -0.2) is 0 Å². The molecule has 1 N–H and O–H groups in total. The van der Waals surface area contributed by atoms with Crippen molar-refractivity contribution in [1.29, 1.82) is 0 Å². The van der Waals surface area contributed by atoms with Gasteiger partial charge in [0, 0.05) is 44.3 Å². The summed E-state index contributed by atoms with van der Waals surface area (Å²) in [6.07, 6.45) is 6.75. The third kappa shape index (κ3) is 2.98. The molecule has 0 saturated heterocycles. The molecule has 1 aliphatic rings. The van der Waals surface area contributed by atoms with E-state index in [-0.39, 0.29) is 0 Å². The predicted molar refractivity (Wildman–Crippen MR) is 66.8 cm³/mol. The van der Waals surface area contributed by atoms with Crippen LogP contribution in [0.1, 0.15) is 25.0 Å². The molecule has 1 aromatic rings. The second-order valence-electron chi connectivity index (χ2n) is 4.81. The Bertz CT molecular complexity index is 331. The summed E-state index contributed by atoms with van der Waals surface area (Å²) in [5, 5.41) is 7.70. The Kier molecular flexibility index (Phi) is 3.87. The first-order valence-electron chi connectivity index (χ1n) is 5.99. The number of aryl methyl sites for hydroxylation is 1. The van der Waals surface area contributed by atoms with Crippen LogP contribution >= 0.6 is 11.6 Å². The van der Waals surface area contributed by atoms with Gasteiger partial charge in [-0.15, -0.1) is 11.6 Å². The molecule has 90 valence electrons. The first-order chi connectivity index (χ1) is 7.76. The highest BCUT2D eigenvalue weighted by molar-refractivity contribution is 6.17. The van der Waals surface area contributed by atoms with E-state index in [4.69, 9.17) is 11.6 Å². The van der Waals surface area contributed by atoms with Crippen molar-refractivity contribution < 1.29 is 0 Å². The lowest BCUT2D eigenvalue weighted by Crippen LogP contribution is -2.26. The van der Waals surface area contributed by atoms with Gasteiger partial charge in [0.05, 0.1) is 0 Å². The van der Waals surface area contributed by atoms with Crippen molar-refractivity contribution in [2.24, 2.45) is 12.5 Å². The highest BCUT2D eigenvalue weighted by atomic mass is 35.5. The molecule has 1 heterocycles. The summed E-state index contributed by atoms with van der Waals surface area (Å²) in [4.78, 5) is 0. The van der Waals surface area contributed by atoms with Crippen molar-refractivity contribution in [1.82, 2.24) is 15.1 Å². The van der Waals surface area contributed by atoms with Crippen molar-refractivity contribution >= 4 is 11.6 Å². The van der Waals surface area contributed by atoms with Crippen LogP contribution in [0.5, 0.6) is 0 Å². The van der Waals surface area contributed by atoms with Crippen LogP contribution in [0, 0.1) is 5.41 Å². The number of halogens is 1. The van der Waals surface area contributed by atoms with Crippen molar-refractivity contribution in [3.8, 4) is 0 Å². The first-order valence-corrected chi connectivity index (χ1v) is 6.53. The third-order valence-corrected chi connectivity index (χ3v) is 3.75. The lowest BCUT2D eigenvalue weighted by molar-refractivity contribution is 0.446. The Balaban J connectivity index is 1.64. The van der Waals surface area contributed by atoms with E-state index in [0.717, 1.165) is 31.8 Å². The molecule has 0 spiro atoms. The molecule has 1 aromatic heterocycles. The Labute approximate surface area is 102 Å². The van der Waals surface area contributed by atoms with E-state index in [9.17, 15) is 0 Å². The highest BCUT2D eigenvalue weighted by Gasteiger charge is 2.40. The topological polar surface area (TPSA) is 29.9 Å². The maximum atomic E-state index is 5.80. The normalized spacial score (nSPS) is 17.6. The molecule has 3 nitrogen and oxygen atoms in total. The number of alkyl halides is 1. The molecule has 0 aliphatic heterocycles. The zero-order valence-corrected chi connectivity index (χ0v) is 10.6. The molecule has 0 bridgehead atoms. The molecule has 0 atom stereocenters. The second-order valence-corrected chi connectivity index (χ2v) is 5.19. The van der Waals surface area contributed by atoms with Gasteiger partial charge in [0.25, 0.3) is 0 Å². The summed E-state index contributed by atoms with van der Waals surface area (Å²) >= 11 is 5.80. The van der Waals surface area contributed by atoms with Gasteiger partial charge in [0.2, 0.25) is 0 Å². The molecule has 0 unspecified atom stereocenters. The lowest BCUT2D eigenvalue weighted by Gasteiger charge is -2.14. The van der Waals surface area contributed by atoms with E-state index < -0.39 is 0 Å². The van der Waals surface area contributed by atoms with Gasteiger partial charge in [0.15, 0.2) is 0 Å². The molecule has 4 heteroatoms. The lowest BCUT2D eigenvalue weighted by atomic mass is 10.0. The minimum absolute atomic E-state index is 0.536. The van der Waals surface area contributed by atoms with Crippen LogP contribution < -0.4 is 5.32 Å². The average molecular weight is 242 g/mol. The Morgan fingerprint density at radius 2 is 2.38 bits per heavy atom. The molecule has 1 aliphatic carbocycles. The maximum Gasteiger partial charge on any atom is 0.0492 e. The molecule has 16 heavy (non-hydrogen) atoms. The molecular formula is C12H20ClN3. The summed E-state index contributed by atoms with van der Waals surface area (Å²) in [5.74, 6) is 0.795. The van der Waals surface area contributed by atoms with Crippen LogP contribution in [-0.2, 0) is 13.5 Å². The minimum atomic E-state index is 0.536. The van der Waals surface area contributed by atoms with Crippen molar-refractivity contribution in [3.05, 3.63) is 18.0 Å². The SMILES string of the molecule is Cn1nccc1CCNCC1(CCCl)CC1. The van der Waals surface area contributed by atoms with Crippen LogP contribution in [0.3, 0.4) is 0 Å². The number of rotatable bonds is 7. The molecule has 1 saturated carbocycles. The number of hydrogen-bond acceptors (Lipinski definition) is 2.